The van der Waals surface area contributed by atoms with Crippen LogP contribution in [0.2, 0.25) is 5.02 Å². The SMILES string of the molecule is COC(=O)c1ccc(C(=O)Oc2ccccc2Cl)cc1. The van der Waals surface area contributed by atoms with E-state index in [2.05, 4.69) is 4.74 Å². The van der Waals surface area contributed by atoms with Crippen LogP contribution < -0.4 is 4.74 Å². The van der Waals surface area contributed by atoms with Crippen molar-refractivity contribution >= 4 is 23.5 Å². The Bertz CT molecular complexity index is 635. The predicted molar refractivity (Wildman–Crippen MR) is 74.2 cm³/mol. The molecule has 0 bridgehead atoms. The molecule has 4 nitrogen and oxygen atoms in total. The number of carbonyl (C=O) groups is 2. The summed E-state index contributed by atoms with van der Waals surface area (Å²) in [5, 5.41) is 0.354. The molecule has 0 fully saturated rings. The zero-order valence-electron chi connectivity index (χ0n) is 10.6. The lowest BCUT2D eigenvalue weighted by Gasteiger charge is -2.06. The predicted octanol–water partition coefficient (Wildman–Crippen LogP) is 3.35. The fourth-order valence-corrected chi connectivity index (χ4v) is 1.72. The highest BCUT2D eigenvalue weighted by molar-refractivity contribution is 6.32. The smallest absolute Gasteiger partial charge is 0.343 e. The first kappa shape index (κ1) is 14.1. The summed E-state index contributed by atoms with van der Waals surface area (Å²) in [6, 6.07) is 12.7. The van der Waals surface area contributed by atoms with Crippen molar-refractivity contribution in [3.63, 3.8) is 0 Å². The lowest BCUT2D eigenvalue weighted by molar-refractivity contribution is 0.0599. The van der Waals surface area contributed by atoms with Gasteiger partial charge in [0.2, 0.25) is 0 Å². The number of esters is 2. The molecule has 0 aliphatic heterocycles. The number of hydrogen-bond donors (Lipinski definition) is 0. The number of rotatable bonds is 3. The number of halogens is 1. The quantitative estimate of drug-likeness (QED) is 0.642. The fourth-order valence-electron chi connectivity index (χ4n) is 1.55. The number of methoxy groups -OCH3 is 1. The normalized spacial score (nSPS) is 9.90. The van der Waals surface area contributed by atoms with Gasteiger partial charge in [-0.15, -0.1) is 0 Å². The molecule has 0 N–H and O–H groups in total. The third kappa shape index (κ3) is 3.16. The molecule has 0 atom stereocenters. The summed E-state index contributed by atoms with van der Waals surface area (Å²) in [6.45, 7) is 0. The molecule has 0 unspecified atom stereocenters. The van der Waals surface area contributed by atoms with Gasteiger partial charge in [0, 0.05) is 0 Å². The molecule has 0 heterocycles. The van der Waals surface area contributed by atoms with Gasteiger partial charge in [-0.1, -0.05) is 23.7 Å². The molecular formula is C15H11ClO4. The Morgan fingerprint density at radius 1 is 0.900 bits per heavy atom. The molecule has 20 heavy (non-hydrogen) atoms. The van der Waals surface area contributed by atoms with E-state index >= 15 is 0 Å². The summed E-state index contributed by atoms with van der Waals surface area (Å²) >= 11 is 5.90. The second-order valence-electron chi connectivity index (χ2n) is 3.89. The molecule has 0 spiro atoms. The molecular weight excluding hydrogens is 280 g/mol. The molecule has 0 saturated heterocycles. The number of benzene rings is 2. The van der Waals surface area contributed by atoms with Crippen LogP contribution in [-0.4, -0.2) is 19.0 Å². The lowest BCUT2D eigenvalue weighted by atomic mass is 10.1. The highest BCUT2D eigenvalue weighted by Gasteiger charge is 2.12. The molecule has 2 aromatic carbocycles. The van der Waals surface area contributed by atoms with Crippen molar-refractivity contribution in [3.8, 4) is 5.75 Å². The first-order valence-corrected chi connectivity index (χ1v) is 6.14. The number of hydrogen-bond acceptors (Lipinski definition) is 4. The Labute approximate surface area is 120 Å². The van der Waals surface area contributed by atoms with Crippen molar-refractivity contribution in [2.45, 2.75) is 0 Å². The lowest BCUT2D eigenvalue weighted by Crippen LogP contribution is -2.09. The van der Waals surface area contributed by atoms with Gasteiger partial charge in [0.1, 0.15) is 5.75 Å². The van der Waals surface area contributed by atoms with E-state index in [0.717, 1.165) is 0 Å². The van der Waals surface area contributed by atoms with Gasteiger partial charge >= 0.3 is 11.9 Å². The van der Waals surface area contributed by atoms with Gasteiger partial charge in [-0.05, 0) is 36.4 Å². The van der Waals surface area contributed by atoms with Crippen molar-refractivity contribution in [2.24, 2.45) is 0 Å². The average molecular weight is 291 g/mol. The van der Waals surface area contributed by atoms with Crippen LogP contribution in [0.3, 0.4) is 0 Å². The Morgan fingerprint density at radius 3 is 2.00 bits per heavy atom. The van der Waals surface area contributed by atoms with E-state index < -0.39 is 11.9 Å². The molecule has 0 amide bonds. The van der Waals surface area contributed by atoms with Crippen LogP contribution >= 0.6 is 11.6 Å². The largest absolute Gasteiger partial charge is 0.465 e. The summed E-state index contributed by atoms with van der Waals surface area (Å²) < 4.78 is 9.75. The minimum Gasteiger partial charge on any atom is -0.465 e. The molecule has 2 aromatic rings. The summed E-state index contributed by atoms with van der Waals surface area (Å²) in [6.07, 6.45) is 0. The van der Waals surface area contributed by atoms with Crippen LogP contribution in [0, 0.1) is 0 Å². The van der Waals surface area contributed by atoms with Crippen LogP contribution in [-0.2, 0) is 4.74 Å². The number of carbonyl (C=O) groups excluding carboxylic acids is 2. The second kappa shape index (κ2) is 6.21. The highest BCUT2D eigenvalue weighted by atomic mass is 35.5. The van der Waals surface area contributed by atoms with Crippen molar-refractivity contribution in [1.29, 1.82) is 0 Å². The summed E-state index contributed by atoms with van der Waals surface area (Å²) in [7, 11) is 1.29. The van der Waals surface area contributed by atoms with Crippen molar-refractivity contribution in [2.75, 3.05) is 7.11 Å². The van der Waals surface area contributed by atoms with E-state index in [9.17, 15) is 9.59 Å². The van der Waals surface area contributed by atoms with Crippen molar-refractivity contribution in [1.82, 2.24) is 0 Å². The van der Waals surface area contributed by atoms with E-state index in [0.29, 0.717) is 16.1 Å². The maximum atomic E-state index is 11.9. The van der Waals surface area contributed by atoms with E-state index in [1.54, 1.807) is 24.3 Å². The Kier molecular flexibility index (Phi) is 4.38. The molecule has 5 heteroatoms. The van der Waals surface area contributed by atoms with Crippen molar-refractivity contribution < 1.29 is 19.1 Å². The Morgan fingerprint density at radius 2 is 1.45 bits per heavy atom. The van der Waals surface area contributed by atoms with E-state index in [1.807, 2.05) is 0 Å². The maximum Gasteiger partial charge on any atom is 0.343 e. The fraction of sp³-hybridized carbons (Fsp3) is 0.0667. The first-order valence-electron chi connectivity index (χ1n) is 5.77. The van der Waals surface area contributed by atoms with Crippen LogP contribution in [0.1, 0.15) is 20.7 Å². The summed E-state index contributed by atoms with van der Waals surface area (Å²) in [4.78, 5) is 23.2. The van der Waals surface area contributed by atoms with Crippen LogP contribution in [0.25, 0.3) is 0 Å². The molecule has 0 radical (unpaired) electrons. The molecule has 0 aliphatic rings. The minimum absolute atomic E-state index is 0.288. The monoisotopic (exact) mass is 290 g/mol. The minimum atomic E-state index is -0.547. The number of ether oxygens (including phenoxy) is 2. The third-order valence-electron chi connectivity index (χ3n) is 2.58. The van der Waals surface area contributed by atoms with Gasteiger partial charge in [-0.25, -0.2) is 9.59 Å². The third-order valence-corrected chi connectivity index (χ3v) is 2.89. The molecule has 0 aromatic heterocycles. The Balaban J connectivity index is 2.14. The molecule has 0 aliphatic carbocycles. The van der Waals surface area contributed by atoms with Gasteiger partial charge in [-0.2, -0.15) is 0 Å². The van der Waals surface area contributed by atoms with Crippen molar-refractivity contribution in [3.05, 3.63) is 64.7 Å². The summed E-state index contributed by atoms with van der Waals surface area (Å²) in [5.41, 5.74) is 0.680. The zero-order chi connectivity index (χ0) is 14.5. The van der Waals surface area contributed by atoms with Gasteiger partial charge in [0.15, 0.2) is 0 Å². The topological polar surface area (TPSA) is 52.6 Å². The van der Waals surface area contributed by atoms with E-state index in [4.69, 9.17) is 16.3 Å². The summed E-state index contributed by atoms with van der Waals surface area (Å²) in [5.74, 6) is -0.721. The molecule has 2 rings (SSSR count). The van der Waals surface area contributed by atoms with E-state index in [-0.39, 0.29) is 5.75 Å². The van der Waals surface area contributed by atoms with Crippen LogP contribution in [0.15, 0.2) is 48.5 Å². The van der Waals surface area contributed by atoms with Gasteiger partial charge < -0.3 is 9.47 Å². The average Bonchev–Trinajstić information content (AvgIpc) is 2.49. The Hall–Kier alpha value is -2.33. The number of para-hydroxylation sites is 1. The molecule has 0 saturated carbocycles. The standard InChI is InChI=1S/C15H11ClO4/c1-19-14(17)10-6-8-11(9-7-10)15(18)20-13-5-3-2-4-12(13)16/h2-9H,1H3. The van der Waals surface area contributed by atoms with Gasteiger partial charge in [0.05, 0.1) is 23.3 Å². The molecule has 102 valence electrons. The first-order chi connectivity index (χ1) is 9.61. The maximum absolute atomic E-state index is 11.9. The van der Waals surface area contributed by atoms with Gasteiger partial charge in [0.25, 0.3) is 0 Å². The highest BCUT2D eigenvalue weighted by Crippen LogP contribution is 2.24. The van der Waals surface area contributed by atoms with E-state index in [1.165, 1.54) is 31.4 Å². The van der Waals surface area contributed by atoms with Gasteiger partial charge in [-0.3, -0.25) is 0 Å². The van der Waals surface area contributed by atoms with Crippen LogP contribution in [0.5, 0.6) is 5.75 Å². The zero-order valence-corrected chi connectivity index (χ0v) is 11.4. The van der Waals surface area contributed by atoms with Crippen LogP contribution in [0.4, 0.5) is 0 Å². The second-order valence-corrected chi connectivity index (χ2v) is 4.30.